The Morgan fingerprint density at radius 1 is 1.47 bits per heavy atom. The highest BCUT2D eigenvalue weighted by Gasteiger charge is 2.20. The van der Waals surface area contributed by atoms with Crippen LogP contribution in [-0.2, 0) is 11.2 Å². The van der Waals surface area contributed by atoms with Crippen LogP contribution in [0.15, 0.2) is 0 Å². The van der Waals surface area contributed by atoms with E-state index in [0.29, 0.717) is 0 Å². The zero-order chi connectivity index (χ0) is 11.6. The second kappa shape index (κ2) is 4.05. The Labute approximate surface area is 82.9 Å². The summed E-state index contributed by atoms with van der Waals surface area (Å²) in [6, 6.07) is 0. The van der Waals surface area contributed by atoms with Crippen LogP contribution in [0, 0.1) is 11.6 Å². The second-order valence-electron chi connectivity index (χ2n) is 2.67. The summed E-state index contributed by atoms with van der Waals surface area (Å²) in [6.07, 6.45) is -0.834. The molecule has 0 atom stereocenters. The van der Waals surface area contributed by atoms with Gasteiger partial charge in [-0.1, -0.05) is 0 Å². The fourth-order valence-corrected chi connectivity index (χ4v) is 1.01. The number of carbonyl (C=O) groups is 1. The first-order valence-electron chi connectivity index (χ1n) is 3.79. The van der Waals surface area contributed by atoms with E-state index in [1.165, 1.54) is 0 Å². The molecule has 0 saturated heterocycles. The molecule has 15 heavy (non-hydrogen) atoms. The molecule has 6 nitrogen and oxygen atoms in total. The van der Waals surface area contributed by atoms with E-state index in [2.05, 4.69) is 4.98 Å². The zero-order valence-electron chi connectivity index (χ0n) is 7.42. The SMILES string of the molecule is NNc1nc(N)c(F)c(CC(=O)O)c1F. The predicted octanol–water partition coefficient (Wildman–Crippen LogP) is -0.145. The molecule has 1 aromatic rings. The molecule has 0 fully saturated rings. The maximum absolute atomic E-state index is 13.3. The van der Waals surface area contributed by atoms with Crippen molar-refractivity contribution in [3.63, 3.8) is 0 Å². The van der Waals surface area contributed by atoms with Gasteiger partial charge in [-0.05, 0) is 0 Å². The summed E-state index contributed by atoms with van der Waals surface area (Å²) in [5.41, 5.74) is 6.27. The lowest BCUT2D eigenvalue weighted by Gasteiger charge is -2.08. The van der Waals surface area contributed by atoms with Gasteiger partial charge in [-0.15, -0.1) is 0 Å². The summed E-state index contributed by atoms with van der Waals surface area (Å²) < 4.78 is 26.5. The number of rotatable bonds is 3. The van der Waals surface area contributed by atoms with E-state index >= 15 is 0 Å². The summed E-state index contributed by atoms with van der Waals surface area (Å²) in [7, 11) is 0. The van der Waals surface area contributed by atoms with Crippen molar-refractivity contribution in [3.8, 4) is 0 Å². The third-order valence-electron chi connectivity index (χ3n) is 1.66. The van der Waals surface area contributed by atoms with Crippen LogP contribution in [-0.4, -0.2) is 16.1 Å². The molecule has 82 valence electrons. The maximum atomic E-state index is 13.3. The standard InChI is InChI=1S/C7H8F2N4O2/c8-4-2(1-3(14)15)5(9)7(13-11)12-6(4)10/h1,11H2,(H,14,15)(H3,10,12,13). The van der Waals surface area contributed by atoms with E-state index in [1.807, 2.05) is 5.43 Å². The van der Waals surface area contributed by atoms with Crippen molar-refractivity contribution in [3.05, 3.63) is 17.2 Å². The van der Waals surface area contributed by atoms with Crippen LogP contribution < -0.4 is 17.0 Å². The van der Waals surface area contributed by atoms with Crippen LogP contribution in [0.5, 0.6) is 0 Å². The van der Waals surface area contributed by atoms with E-state index in [-0.39, 0.29) is 0 Å². The van der Waals surface area contributed by atoms with Gasteiger partial charge in [-0.25, -0.2) is 19.6 Å². The minimum absolute atomic E-state index is 0.495. The molecule has 0 aliphatic rings. The molecular weight excluding hydrogens is 210 g/mol. The number of hydrogen-bond donors (Lipinski definition) is 4. The number of aromatic nitrogens is 1. The number of anilines is 2. The molecule has 1 rings (SSSR count). The lowest BCUT2D eigenvalue weighted by molar-refractivity contribution is -0.136. The largest absolute Gasteiger partial charge is 0.481 e. The molecule has 0 bridgehead atoms. The summed E-state index contributed by atoms with van der Waals surface area (Å²) >= 11 is 0. The average molecular weight is 218 g/mol. The number of nitrogens with zero attached hydrogens (tertiary/aromatic N) is 1. The van der Waals surface area contributed by atoms with Gasteiger partial charge in [-0.2, -0.15) is 0 Å². The van der Waals surface area contributed by atoms with Crippen LogP contribution in [0.25, 0.3) is 0 Å². The number of carboxylic acid groups (broad SMARTS) is 1. The number of pyridine rings is 1. The van der Waals surface area contributed by atoms with Crippen molar-refractivity contribution in [2.24, 2.45) is 5.84 Å². The maximum Gasteiger partial charge on any atom is 0.308 e. The van der Waals surface area contributed by atoms with Crippen molar-refractivity contribution in [1.29, 1.82) is 0 Å². The van der Waals surface area contributed by atoms with Crippen LogP contribution in [0.4, 0.5) is 20.4 Å². The first kappa shape index (κ1) is 11.1. The fourth-order valence-electron chi connectivity index (χ4n) is 1.01. The Morgan fingerprint density at radius 3 is 2.53 bits per heavy atom. The Hall–Kier alpha value is -1.96. The van der Waals surface area contributed by atoms with Gasteiger partial charge in [0.05, 0.1) is 6.42 Å². The topological polar surface area (TPSA) is 114 Å². The van der Waals surface area contributed by atoms with Crippen molar-refractivity contribution < 1.29 is 18.7 Å². The number of hydrazine groups is 1. The molecular formula is C7H8F2N4O2. The molecule has 6 N–H and O–H groups in total. The smallest absolute Gasteiger partial charge is 0.308 e. The molecule has 0 aliphatic heterocycles. The van der Waals surface area contributed by atoms with Crippen LogP contribution >= 0.6 is 0 Å². The highest BCUT2D eigenvalue weighted by atomic mass is 19.1. The molecule has 0 amide bonds. The number of carboxylic acids is 1. The van der Waals surface area contributed by atoms with E-state index in [4.69, 9.17) is 16.7 Å². The van der Waals surface area contributed by atoms with Gasteiger partial charge in [0, 0.05) is 5.56 Å². The highest BCUT2D eigenvalue weighted by Crippen LogP contribution is 2.22. The number of aliphatic carboxylic acids is 1. The molecule has 0 aromatic carbocycles. The minimum Gasteiger partial charge on any atom is -0.481 e. The quantitative estimate of drug-likeness (QED) is 0.414. The van der Waals surface area contributed by atoms with Gasteiger partial charge < -0.3 is 16.3 Å². The van der Waals surface area contributed by atoms with E-state index in [1.54, 1.807) is 0 Å². The minimum atomic E-state index is -1.39. The lowest BCUT2D eigenvalue weighted by atomic mass is 10.1. The molecule has 0 aliphatic carbocycles. The van der Waals surface area contributed by atoms with Crippen LogP contribution in [0.2, 0.25) is 0 Å². The molecule has 0 radical (unpaired) electrons. The number of nitrogens with one attached hydrogen (secondary N) is 1. The predicted molar refractivity (Wildman–Crippen MR) is 47.7 cm³/mol. The Morgan fingerprint density at radius 2 is 2.07 bits per heavy atom. The number of nitrogen functional groups attached to an aromatic ring is 2. The van der Waals surface area contributed by atoms with Crippen molar-refractivity contribution in [2.75, 3.05) is 11.2 Å². The van der Waals surface area contributed by atoms with Gasteiger partial charge in [0.15, 0.2) is 23.3 Å². The van der Waals surface area contributed by atoms with Gasteiger partial charge >= 0.3 is 5.97 Å². The lowest BCUT2D eigenvalue weighted by Crippen LogP contribution is -2.16. The fraction of sp³-hybridized carbons (Fsp3) is 0.143. The Balaban J connectivity index is 3.33. The Kier molecular flexibility index (Phi) is 3.00. The molecule has 1 heterocycles. The third kappa shape index (κ3) is 2.10. The summed E-state index contributed by atoms with van der Waals surface area (Å²) in [6.45, 7) is 0. The second-order valence-corrected chi connectivity index (χ2v) is 2.67. The van der Waals surface area contributed by atoms with Gasteiger partial charge in [-0.3, -0.25) is 4.79 Å². The van der Waals surface area contributed by atoms with E-state index in [0.717, 1.165) is 0 Å². The first-order valence-corrected chi connectivity index (χ1v) is 3.79. The molecule has 0 spiro atoms. The zero-order valence-corrected chi connectivity index (χ0v) is 7.42. The molecule has 0 unspecified atom stereocenters. The van der Waals surface area contributed by atoms with Crippen molar-refractivity contribution >= 4 is 17.6 Å². The van der Waals surface area contributed by atoms with Crippen LogP contribution in [0.3, 0.4) is 0 Å². The normalized spacial score (nSPS) is 10.1. The van der Waals surface area contributed by atoms with E-state index < -0.39 is 41.2 Å². The van der Waals surface area contributed by atoms with Gasteiger partial charge in [0.1, 0.15) is 0 Å². The van der Waals surface area contributed by atoms with Crippen molar-refractivity contribution in [1.82, 2.24) is 4.98 Å². The monoisotopic (exact) mass is 218 g/mol. The van der Waals surface area contributed by atoms with Crippen LogP contribution in [0.1, 0.15) is 5.56 Å². The summed E-state index contributed by atoms with van der Waals surface area (Å²) in [5.74, 6) is 0.0512. The number of hydrogen-bond acceptors (Lipinski definition) is 5. The van der Waals surface area contributed by atoms with Crippen molar-refractivity contribution in [2.45, 2.75) is 6.42 Å². The molecule has 1 aromatic heterocycles. The molecule has 0 saturated carbocycles. The summed E-state index contributed by atoms with van der Waals surface area (Å²) in [5, 5.41) is 8.42. The molecule has 8 heteroatoms. The number of nitrogens with two attached hydrogens (primary N) is 2. The van der Waals surface area contributed by atoms with Gasteiger partial charge in [0.2, 0.25) is 0 Å². The van der Waals surface area contributed by atoms with Gasteiger partial charge in [0.25, 0.3) is 0 Å². The number of halogens is 2. The average Bonchev–Trinajstić information content (AvgIpc) is 2.18. The Bertz CT molecular complexity index is 410. The first-order chi connectivity index (χ1) is 6.97. The highest BCUT2D eigenvalue weighted by molar-refractivity contribution is 5.71. The van der Waals surface area contributed by atoms with E-state index in [9.17, 15) is 13.6 Å². The third-order valence-corrected chi connectivity index (χ3v) is 1.66. The summed E-state index contributed by atoms with van der Waals surface area (Å²) in [4.78, 5) is 13.6.